The van der Waals surface area contributed by atoms with Gasteiger partial charge in [0.25, 0.3) is 0 Å². The lowest BCUT2D eigenvalue weighted by Crippen LogP contribution is -1.83. The Balaban J connectivity index is 2.05. The molecule has 3 aromatic rings. The Kier molecular flexibility index (Phi) is 2.89. The highest BCUT2D eigenvalue weighted by atomic mass is 14.9. The summed E-state index contributed by atoms with van der Waals surface area (Å²) in [6.45, 7) is 0. The molecule has 0 aliphatic carbocycles. The summed E-state index contributed by atoms with van der Waals surface area (Å²) in [6, 6.07) is 22.8. The van der Waals surface area contributed by atoms with Crippen LogP contribution in [0.2, 0.25) is 0 Å². The van der Waals surface area contributed by atoms with Crippen LogP contribution in [0.5, 0.6) is 0 Å². The van der Waals surface area contributed by atoms with Crippen LogP contribution in [0, 0.1) is 0 Å². The summed E-state index contributed by atoms with van der Waals surface area (Å²) in [5, 5.41) is 0. The first-order valence-electron chi connectivity index (χ1n) is 5.99. The molecule has 0 unspecified atom stereocenters. The van der Waals surface area contributed by atoms with Crippen LogP contribution in [0.1, 0.15) is 0 Å². The zero-order valence-corrected chi connectivity index (χ0v) is 9.95. The van der Waals surface area contributed by atoms with Gasteiger partial charge in [-0.05, 0) is 17.2 Å². The van der Waals surface area contributed by atoms with E-state index in [4.69, 9.17) is 0 Å². The van der Waals surface area contributed by atoms with Crippen molar-refractivity contribution in [1.29, 1.82) is 0 Å². The zero-order chi connectivity index (χ0) is 12.2. The molecule has 0 atom stereocenters. The number of hydrogen-bond donors (Lipinski definition) is 0. The van der Waals surface area contributed by atoms with Crippen LogP contribution < -0.4 is 0 Å². The minimum absolute atomic E-state index is 1.15. The van der Waals surface area contributed by atoms with Gasteiger partial charge in [-0.1, -0.05) is 60.7 Å². The molecule has 0 saturated heterocycles. The molecule has 0 aliphatic rings. The van der Waals surface area contributed by atoms with Crippen molar-refractivity contribution >= 4 is 0 Å². The fraction of sp³-hybridized carbons (Fsp3) is 0. The first-order valence-corrected chi connectivity index (χ1v) is 5.99. The Morgan fingerprint density at radius 2 is 0.944 bits per heavy atom. The van der Waals surface area contributed by atoms with Crippen molar-refractivity contribution < 1.29 is 0 Å². The van der Waals surface area contributed by atoms with Crippen molar-refractivity contribution in [3.8, 4) is 22.3 Å². The maximum absolute atomic E-state index is 4.34. The molecule has 1 heteroatoms. The molecule has 0 aliphatic heterocycles. The molecular formula is C17H13N. The monoisotopic (exact) mass is 234 g/mol. The maximum atomic E-state index is 4.34. The fourth-order valence-corrected chi connectivity index (χ4v) is 2.02. The van der Waals surface area contributed by atoms with Gasteiger partial charge in [-0.15, -0.1) is 0 Å². The molecule has 2 aromatic carbocycles. The van der Waals surface area contributed by atoms with Gasteiger partial charge in [0, 0.05) is 23.5 Å². The summed E-state index contributed by atoms with van der Waals surface area (Å²) in [4.78, 5) is 4.34. The van der Waals surface area contributed by atoms with E-state index in [2.05, 4.69) is 35.3 Å². The first kappa shape index (κ1) is 10.7. The van der Waals surface area contributed by atoms with Crippen molar-refractivity contribution in [2.24, 2.45) is 0 Å². The van der Waals surface area contributed by atoms with Crippen LogP contribution in [0.25, 0.3) is 22.3 Å². The van der Waals surface area contributed by atoms with Crippen LogP contribution in [0.3, 0.4) is 0 Å². The Bertz CT molecular complexity index is 575. The number of rotatable bonds is 2. The average Bonchev–Trinajstić information content (AvgIpc) is 2.49. The Hall–Kier alpha value is -2.41. The molecule has 0 amide bonds. The van der Waals surface area contributed by atoms with E-state index in [0.29, 0.717) is 0 Å². The summed E-state index contributed by atoms with van der Waals surface area (Å²) >= 11 is 0. The number of benzene rings is 2. The van der Waals surface area contributed by atoms with E-state index in [9.17, 15) is 0 Å². The largest absolute Gasteiger partial charge is 0.263 e. The van der Waals surface area contributed by atoms with Gasteiger partial charge in [0.05, 0.1) is 0 Å². The summed E-state index contributed by atoms with van der Waals surface area (Å²) in [5.74, 6) is 0. The van der Waals surface area contributed by atoms with Gasteiger partial charge < -0.3 is 0 Å². The van der Waals surface area contributed by atoms with Crippen molar-refractivity contribution in [3.05, 3.63) is 79.1 Å². The molecule has 86 valence electrons. The Morgan fingerprint density at radius 3 is 1.39 bits per heavy atom. The lowest BCUT2D eigenvalue weighted by Gasteiger charge is -2.05. The maximum Gasteiger partial charge on any atom is 0.0346 e. The first-order chi connectivity index (χ1) is 8.93. The van der Waals surface area contributed by atoms with Crippen molar-refractivity contribution in [2.45, 2.75) is 0 Å². The predicted molar refractivity (Wildman–Crippen MR) is 75.1 cm³/mol. The molecule has 0 radical (unpaired) electrons. The van der Waals surface area contributed by atoms with Crippen molar-refractivity contribution in [2.75, 3.05) is 0 Å². The van der Waals surface area contributed by atoms with E-state index >= 15 is 0 Å². The molecule has 1 heterocycles. The molecule has 1 aromatic heterocycles. The normalized spacial score (nSPS) is 10.2. The molecule has 0 fully saturated rings. The number of hydrogen-bond acceptors (Lipinski definition) is 1. The van der Waals surface area contributed by atoms with Gasteiger partial charge in [0.1, 0.15) is 0 Å². The third-order valence-electron chi connectivity index (χ3n) is 2.95. The molecule has 0 spiro atoms. The molecule has 18 heavy (non-hydrogen) atoms. The van der Waals surface area contributed by atoms with Crippen LogP contribution in [-0.4, -0.2) is 4.98 Å². The topological polar surface area (TPSA) is 12.9 Å². The molecule has 0 saturated carbocycles. The minimum atomic E-state index is 1.15. The van der Waals surface area contributed by atoms with Crippen LogP contribution in [0.15, 0.2) is 79.1 Å². The van der Waals surface area contributed by atoms with E-state index < -0.39 is 0 Å². The third-order valence-corrected chi connectivity index (χ3v) is 2.95. The molecule has 0 N–H and O–H groups in total. The van der Waals surface area contributed by atoms with Gasteiger partial charge in [0.2, 0.25) is 0 Å². The van der Waals surface area contributed by atoms with E-state index in [-0.39, 0.29) is 0 Å². The van der Waals surface area contributed by atoms with Crippen LogP contribution in [-0.2, 0) is 0 Å². The van der Waals surface area contributed by atoms with E-state index in [1.165, 1.54) is 11.1 Å². The molecule has 0 bridgehead atoms. The summed E-state index contributed by atoms with van der Waals surface area (Å²) < 4.78 is 0. The second-order valence-corrected chi connectivity index (χ2v) is 4.19. The van der Waals surface area contributed by atoms with E-state index in [1.807, 2.05) is 48.8 Å². The standard InChI is InChI=1S/C17H13N/c1-3-7-14(8-4-1)16-11-17(13-18-12-16)15-9-5-2-6-10-15/h1-13H/i11+1,12+1,13+1. The third kappa shape index (κ3) is 2.16. The second kappa shape index (κ2) is 4.84. The summed E-state index contributed by atoms with van der Waals surface area (Å²) in [6.07, 6.45) is 3.81. The Morgan fingerprint density at radius 1 is 0.500 bits per heavy atom. The SMILES string of the molecule is c1ccc(-c2[13cH]n[13cH]c(-c3ccccc3)[13cH]2)cc1. The number of pyridine rings is 1. The smallest absolute Gasteiger partial charge is 0.0346 e. The fourth-order valence-electron chi connectivity index (χ4n) is 2.02. The summed E-state index contributed by atoms with van der Waals surface area (Å²) in [7, 11) is 0. The predicted octanol–water partition coefficient (Wildman–Crippen LogP) is 4.42. The second-order valence-electron chi connectivity index (χ2n) is 4.19. The Labute approximate surface area is 107 Å². The van der Waals surface area contributed by atoms with Crippen LogP contribution >= 0.6 is 0 Å². The van der Waals surface area contributed by atoms with E-state index in [0.717, 1.165) is 11.1 Å². The van der Waals surface area contributed by atoms with E-state index in [1.54, 1.807) is 0 Å². The van der Waals surface area contributed by atoms with Gasteiger partial charge >= 0.3 is 0 Å². The molecular weight excluding hydrogens is 221 g/mol. The van der Waals surface area contributed by atoms with Crippen LogP contribution in [0.4, 0.5) is 0 Å². The van der Waals surface area contributed by atoms with Gasteiger partial charge in [-0.25, -0.2) is 0 Å². The quantitative estimate of drug-likeness (QED) is 0.639. The van der Waals surface area contributed by atoms with Crippen molar-refractivity contribution in [3.63, 3.8) is 0 Å². The summed E-state index contributed by atoms with van der Waals surface area (Å²) in [5.41, 5.74) is 4.69. The average molecular weight is 234 g/mol. The van der Waals surface area contributed by atoms with Gasteiger partial charge in [-0.2, -0.15) is 0 Å². The number of nitrogens with zero attached hydrogens (tertiary/aromatic N) is 1. The lowest BCUT2D eigenvalue weighted by molar-refractivity contribution is 1.33. The highest BCUT2D eigenvalue weighted by molar-refractivity contribution is 5.71. The minimum Gasteiger partial charge on any atom is -0.263 e. The van der Waals surface area contributed by atoms with Gasteiger partial charge in [0.15, 0.2) is 0 Å². The van der Waals surface area contributed by atoms with Gasteiger partial charge in [-0.3, -0.25) is 4.98 Å². The number of aromatic nitrogens is 1. The molecule has 3 rings (SSSR count). The van der Waals surface area contributed by atoms with Crippen molar-refractivity contribution in [1.82, 2.24) is 4.98 Å². The highest BCUT2D eigenvalue weighted by Gasteiger charge is 2.01. The lowest BCUT2D eigenvalue weighted by atomic mass is 10.1. The zero-order valence-electron chi connectivity index (χ0n) is 9.95. The molecule has 1 nitrogen and oxygen atoms in total. The highest BCUT2D eigenvalue weighted by Crippen LogP contribution is 2.24.